The number of nitrogens with two attached hydrogens (primary N) is 1. The molecule has 0 bridgehead atoms. The molecule has 2 aromatic rings. The molecule has 0 saturated heterocycles. The molecule has 0 fully saturated rings. The lowest BCUT2D eigenvalue weighted by atomic mass is 10.2. The van der Waals surface area contributed by atoms with E-state index in [-0.39, 0.29) is 5.82 Å². The van der Waals surface area contributed by atoms with Gasteiger partial charge in [0.05, 0.1) is 16.4 Å². The standard InChI is InChI=1S/C10H8ClN5/c1-6-2-8(13)7(11)3-9(6)16-5-14-10(4-12)15-16/h2-3,5H,13H2,1H3. The topological polar surface area (TPSA) is 80.5 Å². The number of hydrogen-bond donors (Lipinski definition) is 1. The SMILES string of the molecule is Cc1cc(N)c(Cl)cc1-n1cnc(C#N)n1. The number of hydrogen-bond acceptors (Lipinski definition) is 4. The zero-order chi connectivity index (χ0) is 11.7. The van der Waals surface area contributed by atoms with Crippen LogP contribution < -0.4 is 5.73 Å². The molecule has 6 heteroatoms. The van der Waals surface area contributed by atoms with E-state index < -0.39 is 0 Å². The summed E-state index contributed by atoms with van der Waals surface area (Å²) in [5.74, 6) is 0.118. The molecule has 2 N–H and O–H groups in total. The summed E-state index contributed by atoms with van der Waals surface area (Å²) >= 11 is 5.92. The Hall–Kier alpha value is -2.06. The first-order valence-electron chi connectivity index (χ1n) is 4.49. The van der Waals surface area contributed by atoms with Crippen molar-refractivity contribution in [3.8, 4) is 11.8 Å². The number of nitriles is 1. The monoisotopic (exact) mass is 233 g/mol. The van der Waals surface area contributed by atoms with Crippen LogP contribution in [0.15, 0.2) is 18.5 Å². The molecule has 0 radical (unpaired) electrons. The van der Waals surface area contributed by atoms with Crippen LogP contribution >= 0.6 is 11.6 Å². The highest BCUT2D eigenvalue weighted by atomic mass is 35.5. The van der Waals surface area contributed by atoms with Crippen LogP contribution in [-0.2, 0) is 0 Å². The van der Waals surface area contributed by atoms with Crippen molar-refractivity contribution < 1.29 is 0 Å². The van der Waals surface area contributed by atoms with E-state index in [9.17, 15) is 0 Å². The van der Waals surface area contributed by atoms with Crippen molar-refractivity contribution in [2.24, 2.45) is 0 Å². The van der Waals surface area contributed by atoms with Gasteiger partial charge in [-0.2, -0.15) is 5.26 Å². The Kier molecular flexibility index (Phi) is 2.50. The maximum atomic E-state index is 8.63. The molecule has 80 valence electrons. The van der Waals surface area contributed by atoms with E-state index in [2.05, 4.69) is 10.1 Å². The van der Waals surface area contributed by atoms with Crippen molar-refractivity contribution in [3.05, 3.63) is 34.9 Å². The van der Waals surface area contributed by atoms with Gasteiger partial charge in [-0.15, -0.1) is 5.10 Å². The van der Waals surface area contributed by atoms with E-state index in [1.807, 2.05) is 13.0 Å². The minimum atomic E-state index is 0.118. The second-order valence-corrected chi connectivity index (χ2v) is 3.69. The van der Waals surface area contributed by atoms with Gasteiger partial charge in [0.15, 0.2) is 0 Å². The van der Waals surface area contributed by atoms with Crippen molar-refractivity contribution in [3.63, 3.8) is 0 Å². The Bertz CT molecular complexity index is 581. The number of nitrogen functional groups attached to an aromatic ring is 1. The summed E-state index contributed by atoms with van der Waals surface area (Å²) in [4.78, 5) is 3.82. The third-order valence-electron chi connectivity index (χ3n) is 2.15. The average molecular weight is 234 g/mol. The third kappa shape index (κ3) is 1.71. The van der Waals surface area contributed by atoms with Crippen LogP contribution in [0.3, 0.4) is 0 Å². The molecule has 2 rings (SSSR count). The number of aryl methyl sites for hydroxylation is 1. The van der Waals surface area contributed by atoms with E-state index in [1.54, 1.807) is 12.1 Å². The van der Waals surface area contributed by atoms with Crippen LogP contribution in [0.5, 0.6) is 0 Å². The average Bonchev–Trinajstić information content (AvgIpc) is 2.71. The summed E-state index contributed by atoms with van der Waals surface area (Å²) in [6, 6.07) is 5.31. The number of nitrogens with zero attached hydrogens (tertiary/aromatic N) is 4. The Labute approximate surface area is 97.1 Å². The molecule has 0 atom stereocenters. The number of rotatable bonds is 1. The lowest BCUT2D eigenvalue weighted by Gasteiger charge is -2.07. The number of aromatic nitrogens is 3. The molecule has 1 aromatic heterocycles. The Morgan fingerprint density at radius 1 is 1.50 bits per heavy atom. The fraction of sp³-hybridized carbons (Fsp3) is 0.100. The van der Waals surface area contributed by atoms with Gasteiger partial charge in [-0.1, -0.05) is 11.6 Å². The van der Waals surface area contributed by atoms with Gasteiger partial charge >= 0.3 is 0 Å². The molecule has 16 heavy (non-hydrogen) atoms. The van der Waals surface area contributed by atoms with Gasteiger partial charge in [-0.25, -0.2) is 9.67 Å². The molecule has 0 unspecified atom stereocenters. The quantitative estimate of drug-likeness (QED) is 0.760. The first-order valence-corrected chi connectivity index (χ1v) is 4.87. The van der Waals surface area contributed by atoms with Crippen LogP contribution in [-0.4, -0.2) is 14.8 Å². The molecule has 5 nitrogen and oxygen atoms in total. The van der Waals surface area contributed by atoms with Gasteiger partial charge in [0, 0.05) is 0 Å². The molecule has 0 aliphatic carbocycles. The van der Waals surface area contributed by atoms with Crippen LogP contribution in [0.2, 0.25) is 5.02 Å². The molecule has 0 amide bonds. The van der Waals surface area contributed by atoms with Gasteiger partial charge in [0.2, 0.25) is 0 Å². The number of halogens is 1. The van der Waals surface area contributed by atoms with E-state index >= 15 is 0 Å². The van der Waals surface area contributed by atoms with Gasteiger partial charge in [0.1, 0.15) is 12.4 Å². The van der Waals surface area contributed by atoms with Crippen molar-refractivity contribution in [1.29, 1.82) is 5.26 Å². The van der Waals surface area contributed by atoms with Gasteiger partial charge in [-0.05, 0) is 24.6 Å². The maximum absolute atomic E-state index is 8.63. The largest absolute Gasteiger partial charge is 0.398 e. The van der Waals surface area contributed by atoms with E-state index in [0.29, 0.717) is 10.7 Å². The minimum absolute atomic E-state index is 0.118. The van der Waals surface area contributed by atoms with Gasteiger partial charge in [0.25, 0.3) is 5.82 Å². The van der Waals surface area contributed by atoms with Crippen molar-refractivity contribution in [1.82, 2.24) is 14.8 Å². The number of anilines is 1. The summed E-state index contributed by atoms with van der Waals surface area (Å²) in [6.45, 7) is 1.88. The predicted molar refractivity (Wildman–Crippen MR) is 60.2 cm³/mol. The Balaban J connectivity index is 2.56. The molecular formula is C10H8ClN5. The lowest BCUT2D eigenvalue weighted by Crippen LogP contribution is -2.00. The zero-order valence-electron chi connectivity index (χ0n) is 8.48. The highest BCUT2D eigenvalue weighted by Crippen LogP contribution is 2.25. The normalized spacial score (nSPS) is 10.1. The van der Waals surface area contributed by atoms with Crippen molar-refractivity contribution in [2.45, 2.75) is 6.92 Å². The first kappa shape index (κ1) is 10.5. The summed E-state index contributed by atoms with van der Waals surface area (Å²) in [5, 5.41) is 13.1. The summed E-state index contributed by atoms with van der Waals surface area (Å²) in [7, 11) is 0. The van der Waals surface area contributed by atoms with Gasteiger partial charge < -0.3 is 5.73 Å². The van der Waals surface area contributed by atoms with Crippen LogP contribution in [0.4, 0.5) is 5.69 Å². The zero-order valence-corrected chi connectivity index (χ0v) is 9.23. The smallest absolute Gasteiger partial charge is 0.252 e. The fourth-order valence-corrected chi connectivity index (χ4v) is 1.53. The van der Waals surface area contributed by atoms with Crippen LogP contribution in [0.1, 0.15) is 11.4 Å². The van der Waals surface area contributed by atoms with Crippen LogP contribution in [0.25, 0.3) is 5.69 Å². The first-order chi connectivity index (χ1) is 7.61. The summed E-state index contributed by atoms with van der Waals surface area (Å²) < 4.78 is 1.50. The molecular weight excluding hydrogens is 226 g/mol. The van der Waals surface area contributed by atoms with E-state index in [4.69, 9.17) is 22.6 Å². The maximum Gasteiger partial charge on any atom is 0.252 e. The number of benzene rings is 1. The second-order valence-electron chi connectivity index (χ2n) is 3.28. The summed E-state index contributed by atoms with van der Waals surface area (Å²) in [5.41, 5.74) is 7.86. The second kappa shape index (κ2) is 3.83. The van der Waals surface area contributed by atoms with E-state index in [0.717, 1.165) is 11.3 Å². The molecule has 1 aromatic carbocycles. The van der Waals surface area contributed by atoms with Crippen molar-refractivity contribution in [2.75, 3.05) is 5.73 Å². The summed E-state index contributed by atoms with van der Waals surface area (Å²) in [6.07, 6.45) is 1.47. The van der Waals surface area contributed by atoms with Gasteiger partial charge in [-0.3, -0.25) is 0 Å². The van der Waals surface area contributed by atoms with Crippen molar-refractivity contribution >= 4 is 17.3 Å². The molecule has 0 saturated carbocycles. The van der Waals surface area contributed by atoms with E-state index in [1.165, 1.54) is 11.0 Å². The highest BCUT2D eigenvalue weighted by molar-refractivity contribution is 6.33. The molecule has 0 spiro atoms. The fourth-order valence-electron chi connectivity index (χ4n) is 1.37. The predicted octanol–water partition coefficient (Wildman–Crippen LogP) is 1.68. The lowest BCUT2D eigenvalue weighted by molar-refractivity contribution is 0.865. The van der Waals surface area contributed by atoms with Crippen LogP contribution in [0, 0.1) is 18.3 Å². The molecule has 1 heterocycles. The minimum Gasteiger partial charge on any atom is -0.398 e. The molecule has 0 aliphatic rings. The third-order valence-corrected chi connectivity index (χ3v) is 2.48. The highest BCUT2D eigenvalue weighted by Gasteiger charge is 2.07. The molecule has 0 aliphatic heterocycles. The Morgan fingerprint density at radius 3 is 2.88 bits per heavy atom. The Morgan fingerprint density at radius 2 is 2.25 bits per heavy atom.